The molecule has 16 heavy (non-hydrogen) atoms. The van der Waals surface area contributed by atoms with Crippen LogP contribution in [-0.4, -0.2) is 21.0 Å². The van der Waals surface area contributed by atoms with Crippen molar-refractivity contribution in [3.05, 3.63) is 41.3 Å². The van der Waals surface area contributed by atoms with Gasteiger partial charge in [-0.1, -0.05) is 18.2 Å². The molecule has 0 spiro atoms. The quantitative estimate of drug-likeness (QED) is 0.810. The Kier molecular flexibility index (Phi) is 2.48. The van der Waals surface area contributed by atoms with Crippen molar-refractivity contribution >= 4 is 5.97 Å². The third-order valence-corrected chi connectivity index (χ3v) is 2.42. The Labute approximate surface area is 93.0 Å². The summed E-state index contributed by atoms with van der Waals surface area (Å²) in [6, 6.07) is 6.88. The van der Waals surface area contributed by atoms with Crippen molar-refractivity contribution in [2.45, 2.75) is 13.8 Å². The van der Waals surface area contributed by atoms with Gasteiger partial charge in [0.15, 0.2) is 0 Å². The highest BCUT2D eigenvalue weighted by molar-refractivity contribution is 5.95. The minimum absolute atomic E-state index is 0.275. The van der Waals surface area contributed by atoms with Crippen LogP contribution in [0.25, 0.3) is 11.3 Å². The summed E-state index contributed by atoms with van der Waals surface area (Å²) in [6.45, 7) is 3.73. The van der Waals surface area contributed by atoms with Gasteiger partial charge in [0.2, 0.25) is 0 Å². The van der Waals surface area contributed by atoms with E-state index in [1.165, 1.54) is 0 Å². The number of aryl methyl sites for hydroxylation is 2. The van der Waals surface area contributed by atoms with E-state index < -0.39 is 5.97 Å². The Morgan fingerprint density at radius 2 is 2.00 bits per heavy atom. The fourth-order valence-electron chi connectivity index (χ4n) is 1.75. The zero-order valence-electron chi connectivity index (χ0n) is 9.11. The highest BCUT2D eigenvalue weighted by atomic mass is 16.4. The van der Waals surface area contributed by atoms with E-state index in [0.717, 1.165) is 11.5 Å². The second-order valence-corrected chi connectivity index (χ2v) is 3.65. The molecule has 0 aliphatic rings. The molecule has 4 nitrogen and oxygen atoms in total. The molecule has 2 aromatic rings. The van der Waals surface area contributed by atoms with Crippen LogP contribution in [0.1, 0.15) is 21.9 Å². The van der Waals surface area contributed by atoms with E-state index >= 15 is 0 Å². The first-order valence-electron chi connectivity index (χ1n) is 4.95. The number of nitrogens with one attached hydrogen (secondary N) is 1. The van der Waals surface area contributed by atoms with Crippen LogP contribution in [0.15, 0.2) is 24.3 Å². The van der Waals surface area contributed by atoms with E-state index in [9.17, 15) is 4.79 Å². The molecule has 1 heterocycles. The molecule has 0 saturated heterocycles. The third kappa shape index (κ3) is 1.69. The number of rotatable bonds is 2. The predicted molar refractivity (Wildman–Crippen MR) is 60.5 cm³/mol. The Hall–Kier alpha value is -2.10. The number of hydrogen-bond acceptors (Lipinski definition) is 2. The van der Waals surface area contributed by atoms with Crippen molar-refractivity contribution in [3.63, 3.8) is 0 Å². The molecule has 4 heteroatoms. The van der Waals surface area contributed by atoms with Crippen molar-refractivity contribution in [1.82, 2.24) is 9.97 Å². The van der Waals surface area contributed by atoms with Gasteiger partial charge in [-0.05, 0) is 19.9 Å². The number of aromatic carboxylic acids is 1. The van der Waals surface area contributed by atoms with Gasteiger partial charge in [-0.2, -0.15) is 0 Å². The maximum Gasteiger partial charge on any atom is 0.336 e. The molecule has 0 aliphatic carbocycles. The Morgan fingerprint density at radius 3 is 2.56 bits per heavy atom. The van der Waals surface area contributed by atoms with E-state index in [1.807, 2.05) is 19.9 Å². The van der Waals surface area contributed by atoms with Gasteiger partial charge in [-0.25, -0.2) is 9.78 Å². The third-order valence-electron chi connectivity index (χ3n) is 2.42. The fourth-order valence-corrected chi connectivity index (χ4v) is 1.75. The second-order valence-electron chi connectivity index (χ2n) is 3.65. The molecule has 0 aliphatic heterocycles. The SMILES string of the molecule is Cc1nc(-c2ccccc2C(=O)O)c(C)[nH]1. The summed E-state index contributed by atoms with van der Waals surface area (Å²) in [7, 11) is 0. The molecule has 0 atom stereocenters. The van der Waals surface area contributed by atoms with Crippen molar-refractivity contribution < 1.29 is 9.90 Å². The molecule has 0 bridgehead atoms. The molecular formula is C12H12N2O2. The summed E-state index contributed by atoms with van der Waals surface area (Å²) in [5.41, 5.74) is 2.51. The largest absolute Gasteiger partial charge is 0.478 e. The summed E-state index contributed by atoms with van der Waals surface area (Å²) in [4.78, 5) is 18.4. The molecule has 0 fully saturated rings. The van der Waals surface area contributed by atoms with Crippen LogP contribution in [0.3, 0.4) is 0 Å². The molecule has 0 unspecified atom stereocenters. The van der Waals surface area contributed by atoms with Gasteiger partial charge in [-0.15, -0.1) is 0 Å². The lowest BCUT2D eigenvalue weighted by molar-refractivity contribution is 0.0697. The maximum absolute atomic E-state index is 11.1. The van der Waals surface area contributed by atoms with Crippen molar-refractivity contribution in [2.75, 3.05) is 0 Å². The molecule has 2 N–H and O–H groups in total. The monoisotopic (exact) mass is 216 g/mol. The number of hydrogen-bond donors (Lipinski definition) is 2. The summed E-state index contributed by atoms with van der Waals surface area (Å²) in [5.74, 6) is -0.150. The Morgan fingerprint density at radius 1 is 1.31 bits per heavy atom. The van der Waals surface area contributed by atoms with E-state index in [-0.39, 0.29) is 5.56 Å². The first-order chi connectivity index (χ1) is 7.59. The lowest BCUT2D eigenvalue weighted by Gasteiger charge is -2.03. The summed E-state index contributed by atoms with van der Waals surface area (Å²) >= 11 is 0. The molecule has 0 radical (unpaired) electrons. The summed E-state index contributed by atoms with van der Waals surface area (Å²) in [5, 5.41) is 9.09. The topological polar surface area (TPSA) is 66.0 Å². The number of nitrogens with zero attached hydrogens (tertiary/aromatic N) is 1. The Balaban J connectivity index is 2.64. The molecule has 82 valence electrons. The molecule has 0 saturated carbocycles. The standard InChI is InChI=1S/C12H12N2O2/c1-7-11(14-8(2)13-7)9-5-3-4-6-10(9)12(15)16/h3-6H,1-2H3,(H,13,14)(H,15,16). The van der Waals surface area contributed by atoms with E-state index in [0.29, 0.717) is 11.3 Å². The summed E-state index contributed by atoms with van der Waals surface area (Å²) in [6.07, 6.45) is 0. The van der Waals surface area contributed by atoms with Crippen molar-refractivity contribution in [1.29, 1.82) is 0 Å². The highest BCUT2D eigenvalue weighted by Gasteiger charge is 2.14. The van der Waals surface area contributed by atoms with Gasteiger partial charge in [0.1, 0.15) is 5.82 Å². The number of carbonyl (C=O) groups is 1. The lowest BCUT2D eigenvalue weighted by atomic mass is 10.0. The number of aromatic nitrogens is 2. The number of imidazole rings is 1. The predicted octanol–water partition coefficient (Wildman–Crippen LogP) is 2.39. The normalized spacial score (nSPS) is 10.4. The van der Waals surface area contributed by atoms with Crippen LogP contribution in [-0.2, 0) is 0 Å². The van der Waals surface area contributed by atoms with Gasteiger partial charge < -0.3 is 10.1 Å². The molecule has 1 aromatic carbocycles. The highest BCUT2D eigenvalue weighted by Crippen LogP contribution is 2.24. The number of aromatic amines is 1. The van der Waals surface area contributed by atoms with Gasteiger partial charge in [0.25, 0.3) is 0 Å². The number of carboxylic acid groups (broad SMARTS) is 1. The van der Waals surface area contributed by atoms with Gasteiger partial charge in [-0.3, -0.25) is 0 Å². The smallest absolute Gasteiger partial charge is 0.336 e. The van der Waals surface area contributed by atoms with Crippen molar-refractivity contribution in [3.8, 4) is 11.3 Å². The van der Waals surface area contributed by atoms with E-state index in [2.05, 4.69) is 9.97 Å². The van der Waals surface area contributed by atoms with Crippen LogP contribution in [0.4, 0.5) is 0 Å². The zero-order chi connectivity index (χ0) is 11.7. The van der Waals surface area contributed by atoms with Gasteiger partial charge >= 0.3 is 5.97 Å². The average molecular weight is 216 g/mol. The van der Waals surface area contributed by atoms with Crippen LogP contribution in [0, 0.1) is 13.8 Å². The van der Waals surface area contributed by atoms with Crippen LogP contribution in [0.2, 0.25) is 0 Å². The van der Waals surface area contributed by atoms with E-state index in [4.69, 9.17) is 5.11 Å². The second kappa shape index (κ2) is 3.81. The fraction of sp³-hybridized carbons (Fsp3) is 0.167. The van der Waals surface area contributed by atoms with E-state index in [1.54, 1.807) is 18.2 Å². The molecular weight excluding hydrogens is 204 g/mol. The lowest BCUT2D eigenvalue weighted by Crippen LogP contribution is -1.99. The molecule has 0 amide bonds. The molecule has 1 aromatic heterocycles. The van der Waals surface area contributed by atoms with Gasteiger partial charge in [0.05, 0.1) is 11.3 Å². The number of H-pyrrole nitrogens is 1. The minimum Gasteiger partial charge on any atom is -0.478 e. The Bertz CT molecular complexity index is 544. The van der Waals surface area contributed by atoms with Crippen LogP contribution < -0.4 is 0 Å². The molecule has 2 rings (SSSR count). The number of benzene rings is 1. The van der Waals surface area contributed by atoms with Crippen LogP contribution in [0.5, 0.6) is 0 Å². The van der Waals surface area contributed by atoms with Gasteiger partial charge in [0, 0.05) is 11.3 Å². The number of carboxylic acids is 1. The summed E-state index contributed by atoms with van der Waals surface area (Å²) < 4.78 is 0. The first kappa shape index (κ1) is 10.4. The first-order valence-corrected chi connectivity index (χ1v) is 4.95. The minimum atomic E-state index is -0.935. The zero-order valence-corrected chi connectivity index (χ0v) is 9.11. The average Bonchev–Trinajstić information content (AvgIpc) is 2.57. The van der Waals surface area contributed by atoms with Crippen LogP contribution >= 0.6 is 0 Å². The van der Waals surface area contributed by atoms with Crippen molar-refractivity contribution in [2.24, 2.45) is 0 Å². The maximum atomic E-state index is 11.1.